The molecular formula is C24H25N5O2. The van der Waals surface area contributed by atoms with Crippen LogP contribution in [-0.4, -0.2) is 59.3 Å². The second kappa shape index (κ2) is 8.18. The lowest BCUT2D eigenvalue weighted by Gasteiger charge is -2.22. The molecule has 7 nitrogen and oxygen atoms in total. The van der Waals surface area contributed by atoms with E-state index in [4.69, 9.17) is 4.74 Å². The van der Waals surface area contributed by atoms with E-state index in [2.05, 4.69) is 26.1 Å². The molecule has 0 bridgehead atoms. The van der Waals surface area contributed by atoms with Crippen LogP contribution in [0.3, 0.4) is 0 Å². The molecule has 31 heavy (non-hydrogen) atoms. The molecule has 0 atom stereocenters. The number of hydrogen-bond donors (Lipinski definition) is 2. The fourth-order valence-electron chi connectivity index (χ4n) is 4.18. The van der Waals surface area contributed by atoms with Crippen LogP contribution in [0.4, 0.5) is 5.82 Å². The van der Waals surface area contributed by atoms with Crippen molar-refractivity contribution >= 4 is 22.6 Å². The van der Waals surface area contributed by atoms with E-state index < -0.39 is 0 Å². The Hall–Kier alpha value is -3.74. The molecule has 7 heteroatoms. The van der Waals surface area contributed by atoms with Gasteiger partial charge in [-0.2, -0.15) is 5.10 Å². The number of fused-ring (bicyclic) bond motifs is 1. The van der Waals surface area contributed by atoms with E-state index in [1.807, 2.05) is 59.6 Å². The number of hydrogen-bond acceptors (Lipinski definition) is 4. The molecule has 0 unspecified atom stereocenters. The molecule has 0 radical (unpaired) electrons. The van der Waals surface area contributed by atoms with Gasteiger partial charge in [-0.25, -0.2) is 0 Å². The van der Waals surface area contributed by atoms with Gasteiger partial charge >= 0.3 is 0 Å². The fraction of sp³-hybridized carbons (Fsp3) is 0.250. The maximum Gasteiger partial charge on any atom is 0.254 e. The summed E-state index contributed by atoms with van der Waals surface area (Å²) in [6, 6.07) is 17.8. The average Bonchev–Trinajstić information content (AvgIpc) is 3.43. The zero-order chi connectivity index (χ0) is 21.2. The summed E-state index contributed by atoms with van der Waals surface area (Å²) in [6.45, 7) is 3.03. The van der Waals surface area contributed by atoms with Gasteiger partial charge in [0.25, 0.3) is 5.91 Å². The summed E-state index contributed by atoms with van der Waals surface area (Å²) in [5.74, 6) is 1.83. The first-order valence-corrected chi connectivity index (χ1v) is 10.5. The Balaban J connectivity index is 1.29. The average molecular weight is 415 g/mol. The third kappa shape index (κ3) is 3.74. The van der Waals surface area contributed by atoms with E-state index in [1.165, 1.54) is 0 Å². The van der Waals surface area contributed by atoms with Gasteiger partial charge in [-0.05, 0) is 54.4 Å². The topological polar surface area (TPSA) is 77.2 Å². The van der Waals surface area contributed by atoms with Gasteiger partial charge in [0.05, 0.1) is 12.8 Å². The number of methoxy groups -OCH3 is 1. The molecular weight excluding hydrogens is 390 g/mol. The highest BCUT2D eigenvalue weighted by Gasteiger charge is 2.23. The second-order valence-electron chi connectivity index (χ2n) is 7.75. The van der Waals surface area contributed by atoms with Crippen LogP contribution in [0, 0.1) is 0 Å². The Kier molecular flexibility index (Phi) is 5.08. The molecule has 2 aromatic carbocycles. The number of carbonyl (C=O) groups is 1. The van der Waals surface area contributed by atoms with Crippen molar-refractivity contribution in [2.75, 3.05) is 38.2 Å². The van der Waals surface area contributed by atoms with Gasteiger partial charge in [0, 0.05) is 54.9 Å². The van der Waals surface area contributed by atoms with Gasteiger partial charge in [0.15, 0.2) is 5.82 Å². The van der Waals surface area contributed by atoms with Crippen molar-refractivity contribution in [2.45, 2.75) is 6.42 Å². The van der Waals surface area contributed by atoms with E-state index >= 15 is 0 Å². The van der Waals surface area contributed by atoms with Crippen LogP contribution >= 0.6 is 0 Å². The predicted octanol–water partition coefficient (Wildman–Crippen LogP) is 3.92. The van der Waals surface area contributed by atoms with E-state index in [0.717, 1.165) is 65.3 Å². The lowest BCUT2D eigenvalue weighted by Crippen LogP contribution is -2.35. The first-order chi connectivity index (χ1) is 15.2. The summed E-state index contributed by atoms with van der Waals surface area (Å²) in [7, 11) is 1.66. The molecule has 1 saturated heterocycles. The molecule has 2 aromatic heterocycles. The maximum absolute atomic E-state index is 13.2. The fourth-order valence-corrected chi connectivity index (χ4v) is 4.18. The summed E-state index contributed by atoms with van der Waals surface area (Å²) in [5, 5.41) is 8.64. The first kappa shape index (κ1) is 19.2. The largest absolute Gasteiger partial charge is 0.497 e. The van der Waals surface area contributed by atoms with E-state index in [9.17, 15) is 4.79 Å². The SMILES string of the molecule is COc1ccc(-c2cc(N3CCCN(C(=O)c4cccc5[nH]ccc45)CC3)n[nH]2)cc1. The Morgan fingerprint density at radius 3 is 2.74 bits per heavy atom. The Labute approximate surface area is 180 Å². The zero-order valence-electron chi connectivity index (χ0n) is 17.5. The molecule has 0 aliphatic carbocycles. The van der Waals surface area contributed by atoms with Crippen molar-refractivity contribution in [2.24, 2.45) is 0 Å². The number of aromatic amines is 2. The number of anilines is 1. The van der Waals surface area contributed by atoms with Gasteiger partial charge in [-0.1, -0.05) is 6.07 Å². The molecule has 0 spiro atoms. The minimum atomic E-state index is 0.0907. The highest BCUT2D eigenvalue weighted by atomic mass is 16.5. The highest BCUT2D eigenvalue weighted by Crippen LogP contribution is 2.25. The van der Waals surface area contributed by atoms with Crippen molar-refractivity contribution in [1.29, 1.82) is 0 Å². The summed E-state index contributed by atoms with van der Waals surface area (Å²) in [6.07, 6.45) is 2.78. The zero-order valence-corrected chi connectivity index (χ0v) is 17.5. The Morgan fingerprint density at radius 1 is 1.03 bits per heavy atom. The van der Waals surface area contributed by atoms with Crippen molar-refractivity contribution in [3.8, 4) is 17.0 Å². The third-order valence-electron chi connectivity index (χ3n) is 5.90. The van der Waals surface area contributed by atoms with Crippen LogP contribution in [0.15, 0.2) is 60.8 Å². The lowest BCUT2D eigenvalue weighted by atomic mass is 10.1. The molecule has 3 heterocycles. The van der Waals surface area contributed by atoms with Gasteiger partial charge in [-0.15, -0.1) is 0 Å². The standard InChI is InChI=1S/C24H25N5O2/c1-31-18-8-6-17(7-9-18)22-16-23(27-26-22)28-12-3-13-29(15-14-28)24(30)20-4-2-5-21-19(20)10-11-25-21/h2,4-11,16,25H,3,12-15H2,1H3,(H,26,27). The van der Waals surface area contributed by atoms with Crippen molar-refractivity contribution in [3.63, 3.8) is 0 Å². The molecule has 2 N–H and O–H groups in total. The van der Waals surface area contributed by atoms with Gasteiger partial charge in [-0.3, -0.25) is 9.89 Å². The van der Waals surface area contributed by atoms with Crippen LogP contribution in [0.25, 0.3) is 22.2 Å². The van der Waals surface area contributed by atoms with E-state index in [-0.39, 0.29) is 5.91 Å². The minimum absolute atomic E-state index is 0.0907. The number of benzene rings is 2. The number of aromatic nitrogens is 3. The van der Waals surface area contributed by atoms with Gasteiger partial charge in [0.1, 0.15) is 5.75 Å². The maximum atomic E-state index is 13.2. The molecule has 1 aliphatic heterocycles. The Bertz CT molecular complexity index is 1190. The van der Waals surface area contributed by atoms with Crippen LogP contribution < -0.4 is 9.64 Å². The molecule has 0 saturated carbocycles. The smallest absolute Gasteiger partial charge is 0.254 e. The lowest BCUT2D eigenvalue weighted by molar-refractivity contribution is 0.0769. The predicted molar refractivity (Wildman–Crippen MR) is 122 cm³/mol. The first-order valence-electron chi connectivity index (χ1n) is 10.5. The van der Waals surface area contributed by atoms with E-state index in [1.54, 1.807) is 7.11 Å². The van der Waals surface area contributed by atoms with Gasteiger partial charge in [0.2, 0.25) is 0 Å². The molecule has 1 fully saturated rings. The number of H-pyrrole nitrogens is 2. The third-order valence-corrected chi connectivity index (χ3v) is 5.90. The molecule has 1 aliphatic rings. The van der Waals surface area contributed by atoms with E-state index in [0.29, 0.717) is 6.54 Å². The number of amides is 1. The summed E-state index contributed by atoms with van der Waals surface area (Å²) >= 11 is 0. The van der Waals surface area contributed by atoms with Crippen molar-refractivity contribution in [1.82, 2.24) is 20.1 Å². The van der Waals surface area contributed by atoms with Crippen LogP contribution in [0.5, 0.6) is 5.75 Å². The normalized spacial score (nSPS) is 14.6. The van der Waals surface area contributed by atoms with Crippen molar-refractivity contribution < 1.29 is 9.53 Å². The summed E-state index contributed by atoms with van der Waals surface area (Å²) in [4.78, 5) is 20.6. The second-order valence-corrected chi connectivity index (χ2v) is 7.75. The molecule has 4 aromatic rings. The molecule has 1 amide bonds. The number of nitrogens with zero attached hydrogens (tertiary/aromatic N) is 3. The highest BCUT2D eigenvalue weighted by molar-refractivity contribution is 6.06. The van der Waals surface area contributed by atoms with Crippen LogP contribution in [-0.2, 0) is 0 Å². The summed E-state index contributed by atoms with van der Waals surface area (Å²) in [5.41, 5.74) is 3.78. The number of carbonyl (C=O) groups excluding carboxylic acids is 1. The minimum Gasteiger partial charge on any atom is -0.497 e. The molecule has 5 rings (SSSR count). The quantitative estimate of drug-likeness (QED) is 0.530. The number of nitrogens with one attached hydrogen (secondary N) is 2. The Morgan fingerprint density at radius 2 is 1.90 bits per heavy atom. The number of ether oxygens (including phenoxy) is 1. The number of rotatable bonds is 4. The van der Waals surface area contributed by atoms with Crippen molar-refractivity contribution in [3.05, 3.63) is 66.4 Å². The van der Waals surface area contributed by atoms with Crippen LogP contribution in [0.2, 0.25) is 0 Å². The van der Waals surface area contributed by atoms with Crippen LogP contribution in [0.1, 0.15) is 16.8 Å². The molecule has 158 valence electrons. The summed E-state index contributed by atoms with van der Waals surface area (Å²) < 4.78 is 5.23. The van der Waals surface area contributed by atoms with Gasteiger partial charge < -0.3 is 19.5 Å². The monoisotopic (exact) mass is 415 g/mol.